The molecule has 1 aromatic rings. The molecule has 0 saturated heterocycles. The van der Waals surface area contributed by atoms with Crippen molar-refractivity contribution in [2.75, 3.05) is 37.1 Å². The number of nitrogens with one attached hydrogen (secondary N) is 2. The van der Waals surface area contributed by atoms with Crippen molar-refractivity contribution in [3.8, 4) is 0 Å². The van der Waals surface area contributed by atoms with Crippen molar-refractivity contribution in [2.24, 2.45) is 0 Å². The van der Waals surface area contributed by atoms with E-state index in [1.54, 1.807) is 0 Å². The summed E-state index contributed by atoms with van der Waals surface area (Å²) in [6, 6.07) is 1.87. The highest BCUT2D eigenvalue weighted by Gasteiger charge is 2.02. The van der Waals surface area contributed by atoms with Crippen LogP contribution < -0.4 is 10.6 Å². The van der Waals surface area contributed by atoms with E-state index in [0.717, 1.165) is 36.2 Å². The Kier molecular flexibility index (Phi) is 5.95. The molecule has 0 aliphatic carbocycles. The second-order valence-electron chi connectivity index (χ2n) is 3.23. The molecular weight excluding hydrogens is 224 g/mol. The number of nitrogens with zero attached hydrogens (tertiary/aromatic N) is 2. The third-order valence-corrected chi connectivity index (χ3v) is 2.58. The third-order valence-electron chi connectivity index (χ3n) is 2.04. The van der Waals surface area contributed by atoms with Gasteiger partial charge in [0.15, 0.2) is 5.16 Å². The molecule has 0 atom stereocenters. The second kappa shape index (κ2) is 7.29. The first-order valence-corrected chi connectivity index (χ1v) is 6.48. The lowest BCUT2D eigenvalue weighted by atomic mass is 10.3. The maximum Gasteiger partial charge on any atom is 0.191 e. The van der Waals surface area contributed by atoms with Crippen LogP contribution in [0, 0.1) is 0 Å². The third kappa shape index (κ3) is 4.24. The maximum absolute atomic E-state index is 8.66. The zero-order valence-corrected chi connectivity index (χ0v) is 10.5. The Bertz CT molecular complexity index is 299. The molecule has 0 bridgehead atoms. The minimum Gasteiger partial charge on any atom is -0.396 e. The minimum absolute atomic E-state index is 0.239. The molecule has 3 N–H and O–H groups in total. The Labute approximate surface area is 100 Å². The van der Waals surface area contributed by atoms with Crippen LogP contribution in [0.4, 0.5) is 11.6 Å². The molecule has 5 nitrogen and oxygen atoms in total. The lowest BCUT2D eigenvalue weighted by Gasteiger charge is -2.08. The molecule has 6 heteroatoms. The molecule has 90 valence electrons. The fourth-order valence-electron chi connectivity index (χ4n) is 1.19. The highest BCUT2D eigenvalue weighted by molar-refractivity contribution is 7.98. The summed E-state index contributed by atoms with van der Waals surface area (Å²) in [5, 5.41) is 15.6. The van der Waals surface area contributed by atoms with Crippen LogP contribution in [0.15, 0.2) is 11.2 Å². The standard InChI is InChI=1S/C10H18N4OS/c1-11-8-7-9(12-5-3-4-6-15)14-10(13-8)16-2/h7,15H,3-6H2,1-2H3,(H2,11,12,13,14). The van der Waals surface area contributed by atoms with Gasteiger partial charge in [-0.2, -0.15) is 0 Å². The fourth-order valence-corrected chi connectivity index (χ4v) is 1.57. The Balaban J connectivity index is 2.57. The molecule has 0 aliphatic heterocycles. The van der Waals surface area contributed by atoms with Crippen LogP contribution >= 0.6 is 11.8 Å². The van der Waals surface area contributed by atoms with E-state index in [9.17, 15) is 0 Å². The smallest absolute Gasteiger partial charge is 0.191 e. The lowest BCUT2D eigenvalue weighted by Crippen LogP contribution is -2.06. The van der Waals surface area contributed by atoms with E-state index in [1.807, 2.05) is 19.4 Å². The molecule has 1 aromatic heterocycles. The molecule has 0 saturated carbocycles. The lowest BCUT2D eigenvalue weighted by molar-refractivity contribution is 0.286. The molecule has 0 spiro atoms. The molecule has 0 fully saturated rings. The van der Waals surface area contributed by atoms with E-state index in [2.05, 4.69) is 20.6 Å². The van der Waals surface area contributed by atoms with Crippen molar-refractivity contribution >= 4 is 23.4 Å². The Morgan fingerprint density at radius 3 is 2.69 bits per heavy atom. The largest absolute Gasteiger partial charge is 0.396 e. The molecule has 0 radical (unpaired) electrons. The number of aliphatic hydroxyl groups is 1. The zero-order valence-electron chi connectivity index (χ0n) is 9.66. The minimum atomic E-state index is 0.239. The first kappa shape index (κ1) is 13.1. The van der Waals surface area contributed by atoms with E-state index < -0.39 is 0 Å². The van der Waals surface area contributed by atoms with Crippen molar-refractivity contribution in [1.82, 2.24) is 9.97 Å². The van der Waals surface area contributed by atoms with Gasteiger partial charge in [0, 0.05) is 26.3 Å². The van der Waals surface area contributed by atoms with Gasteiger partial charge >= 0.3 is 0 Å². The molecule has 16 heavy (non-hydrogen) atoms. The van der Waals surface area contributed by atoms with Crippen molar-refractivity contribution in [1.29, 1.82) is 0 Å². The topological polar surface area (TPSA) is 70.1 Å². The summed E-state index contributed by atoms with van der Waals surface area (Å²) < 4.78 is 0. The van der Waals surface area contributed by atoms with Gasteiger partial charge in [-0.3, -0.25) is 0 Å². The predicted molar refractivity (Wildman–Crippen MR) is 68.2 cm³/mol. The summed E-state index contributed by atoms with van der Waals surface area (Å²) in [6.45, 7) is 1.05. The van der Waals surface area contributed by atoms with E-state index >= 15 is 0 Å². The summed E-state index contributed by atoms with van der Waals surface area (Å²) in [6.07, 6.45) is 3.70. The number of hydrogen-bond acceptors (Lipinski definition) is 6. The van der Waals surface area contributed by atoms with Crippen molar-refractivity contribution in [3.05, 3.63) is 6.07 Å². The van der Waals surface area contributed by atoms with Crippen LogP contribution in [0.1, 0.15) is 12.8 Å². The number of aromatic nitrogens is 2. The van der Waals surface area contributed by atoms with Crippen molar-refractivity contribution in [2.45, 2.75) is 18.0 Å². The highest BCUT2D eigenvalue weighted by atomic mass is 32.2. The predicted octanol–water partition coefficient (Wildman–Crippen LogP) is 1.42. The second-order valence-corrected chi connectivity index (χ2v) is 4.01. The van der Waals surface area contributed by atoms with Gasteiger partial charge < -0.3 is 15.7 Å². The van der Waals surface area contributed by atoms with Crippen LogP contribution in [0.2, 0.25) is 0 Å². The molecule has 0 amide bonds. The summed E-state index contributed by atoms with van der Waals surface area (Å²) in [4.78, 5) is 8.61. The van der Waals surface area contributed by atoms with Gasteiger partial charge in [-0.05, 0) is 19.1 Å². The van der Waals surface area contributed by atoms with Gasteiger partial charge in [0.25, 0.3) is 0 Å². The number of aliphatic hydroxyl groups excluding tert-OH is 1. The first-order chi connectivity index (χ1) is 7.80. The van der Waals surface area contributed by atoms with Gasteiger partial charge in [-0.15, -0.1) is 0 Å². The normalized spacial score (nSPS) is 10.2. The van der Waals surface area contributed by atoms with Gasteiger partial charge in [-0.1, -0.05) is 11.8 Å². The molecule has 1 rings (SSSR count). The molecule has 0 aromatic carbocycles. The van der Waals surface area contributed by atoms with E-state index in [4.69, 9.17) is 5.11 Å². The zero-order chi connectivity index (χ0) is 11.8. The average molecular weight is 242 g/mol. The maximum atomic E-state index is 8.66. The van der Waals surface area contributed by atoms with Gasteiger partial charge in [-0.25, -0.2) is 9.97 Å². The number of unbranched alkanes of at least 4 members (excludes halogenated alkanes) is 1. The van der Waals surface area contributed by atoms with Crippen LogP contribution in [-0.4, -0.2) is 41.5 Å². The van der Waals surface area contributed by atoms with Crippen LogP contribution in [0.5, 0.6) is 0 Å². The SMILES string of the molecule is CNc1cc(NCCCCO)nc(SC)n1. The van der Waals surface area contributed by atoms with Crippen molar-refractivity contribution < 1.29 is 5.11 Å². The van der Waals surface area contributed by atoms with Crippen LogP contribution in [0.3, 0.4) is 0 Å². The molecule has 0 unspecified atom stereocenters. The van der Waals surface area contributed by atoms with Gasteiger partial charge in [0.05, 0.1) is 0 Å². The van der Waals surface area contributed by atoms with E-state index in [0.29, 0.717) is 0 Å². The quantitative estimate of drug-likeness (QED) is 0.382. The number of rotatable bonds is 7. The number of anilines is 2. The van der Waals surface area contributed by atoms with Gasteiger partial charge in [0.2, 0.25) is 0 Å². The monoisotopic (exact) mass is 242 g/mol. The summed E-state index contributed by atoms with van der Waals surface area (Å²) in [5.74, 6) is 1.63. The van der Waals surface area contributed by atoms with E-state index in [1.165, 1.54) is 11.8 Å². The van der Waals surface area contributed by atoms with E-state index in [-0.39, 0.29) is 6.61 Å². The van der Waals surface area contributed by atoms with Crippen LogP contribution in [0.25, 0.3) is 0 Å². The average Bonchev–Trinajstić information content (AvgIpc) is 2.34. The summed E-state index contributed by atoms with van der Waals surface area (Å²) in [5.41, 5.74) is 0. The first-order valence-electron chi connectivity index (χ1n) is 5.25. The molecule has 0 aliphatic rings. The van der Waals surface area contributed by atoms with Crippen molar-refractivity contribution in [3.63, 3.8) is 0 Å². The molecular formula is C10H18N4OS. The molecule has 1 heterocycles. The highest BCUT2D eigenvalue weighted by Crippen LogP contribution is 2.16. The number of hydrogen-bond donors (Lipinski definition) is 3. The number of thioether (sulfide) groups is 1. The Morgan fingerprint density at radius 2 is 2.06 bits per heavy atom. The summed E-state index contributed by atoms with van der Waals surface area (Å²) in [7, 11) is 1.84. The Hall–Kier alpha value is -1.01. The fraction of sp³-hybridized carbons (Fsp3) is 0.600. The van der Waals surface area contributed by atoms with Crippen LogP contribution in [-0.2, 0) is 0 Å². The summed E-state index contributed by atoms with van der Waals surface area (Å²) >= 11 is 1.51. The Morgan fingerprint density at radius 1 is 1.31 bits per heavy atom. The van der Waals surface area contributed by atoms with Gasteiger partial charge in [0.1, 0.15) is 11.6 Å².